The van der Waals surface area contributed by atoms with Crippen LogP contribution in [0.25, 0.3) is 0 Å². The Morgan fingerprint density at radius 2 is 1.67 bits per heavy atom. The van der Waals surface area contributed by atoms with Gasteiger partial charge in [0.2, 0.25) is 0 Å². The van der Waals surface area contributed by atoms with E-state index in [1.165, 1.54) is 5.56 Å². The van der Waals surface area contributed by atoms with E-state index in [9.17, 15) is 0 Å². The van der Waals surface area contributed by atoms with Crippen molar-refractivity contribution in [3.63, 3.8) is 0 Å². The van der Waals surface area contributed by atoms with Gasteiger partial charge in [-0.3, -0.25) is 4.68 Å². The predicted molar refractivity (Wildman–Crippen MR) is 83.5 cm³/mol. The molecule has 110 valence electrons. The molecule has 2 heterocycles. The molecule has 0 aliphatic carbocycles. The minimum Gasteiger partial charge on any atom is -0.399 e. The lowest BCUT2D eigenvalue weighted by molar-refractivity contribution is 0.00578. The van der Waals surface area contributed by atoms with Gasteiger partial charge in [0.05, 0.1) is 17.7 Å². The van der Waals surface area contributed by atoms with E-state index in [4.69, 9.17) is 9.31 Å². The van der Waals surface area contributed by atoms with Gasteiger partial charge < -0.3 is 9.31 Å². The first-order valence-electron chi connectivity index (χ1n) is 7.29. The topological polar surface area (TPSA) is 36.3 Å². The molecular weight excluding hydrogens is 263 g/mol. The molecule has 1 fully saturated rings. The predicted octanol–water partition coefficient (Wildman–Crippen LogP) is 2.23. The van der Waals surface area contributed by atoms with E-state index in [1.54, 1.807) is 6.20 Å². The Labute approximate surface area is 126 Å². The Bertz CT molecular complexity index is 590. The van der Waals surface area contributed by atoms with Crippen LogP contribution in [0, 0.1) is 0 Å². The molecule has 0 N–H and O–H groups in total. The second kappa shape index (κ2) is 5.00. The Kier molecular flexibility index (Phi) is 3.42. The number of hydrogen-bond donors (Lipinski definition) is 0. The van der Waals surface area contributed by atoms with Crippen molar-refractivity contribution in [2.45, 2.75) is 45.4 Å². The molecule has 1 aromatic heterocycles. The van der Waals surface area contributed by atoms with Gasteiger partial charge in [0.15, 0.2) is 0 Å². The molecule has 4 nitrogen and oxygen atoms in total. The van der Waals surface area contributed by atoms with E-state index < -0.39 is 0 Å². The van der Waals surface area contributed by atoms with Crippen LogP contribution in [-0.2, 0) is 15.9 Å². The van der Waals surface area contributed by atoms with Crippen LogP contribution in [0.3, 0.4) is 0 Å². The first kappa shape index (κ1) is 14.4. The largest absolute Gasteiger partial charge is 0.494 e. The molecule has 1 saturated heterocycles. The molecule has 0 saturated carbocycles. The quantitative estimate of drug-likeness (QED) is 0.811. The molecule has 0 spiro atoms. The number of benzene rings is 1. The second-order valence-corrected chi connectivity index (χ2v) is 6.53. The lowest BCUT2D eigenvalue weighted by atomic mass is 9.79. The van der Waals surface area contributed by atoms with E-state index in [0.717, 1.165) is 12.0 Å². The van der Waals surface area contributed by atoms with Gasteiger partial charge in [-0.2, -0.15) is 5.10 Å². The summed E-state index contributed by atoms with van der Waals surface area (Å²) in [6.45, 7) is 9.05. The summed E-state index contributed by atoms with van der Waals surface area (Å²) < 4.78 is 14.0. The molecule has 3 rings (SSSR count). The molecule has 21 heavy (non-hydrogen) atoms. The highest BCUT2D eigenvalue weighted by atomic mass is 16.7. The van der Waals surface area contributed by atoms with Crippen LogP contribution < -0.4 is 5.46 Å². The van der Waals surface area contributed by atoms with Crippen LogP contribution in [0.5, 0.6) is 0 Å². The third-order valence-corrected chi connectivity index (χ3v) is 4.41. The Morgan fingerprint density at radius 3 is 2.19 bits per heavy atom. The Hall–Kier alpha value is -1.59. The molecule has 2 aromatic rings. The highest BCUT2D eigenvalue weighted by Gasteiger charge is 2.51. The van der Waals surface area contributed by atoms with Crippen molar-refractivity contribution in [1.29, 1.82) is 0 Å². The molecular formula is C16H21BN2O2. The fourth-order valence-corrected chi connectivity index (χ4v) is 2.34. The summed E-state index contributed by atoms with van der Waals surface area (Å²) >= 11 is 0. The summed E-state index contributed by atoms with van der Waals surface area (Å²) in [5, 5.41) is 4.22. The maximum absolute atomic E-state index is 6.06. The number of rotatable bonds is 3. The fraction of sp³-hybridized carbons (Fsp3) is 0.438. The van der Waals surface area contributed by atoms with Crippen molar-refractivity contribution in [3.8, 4) is 0 Å². The van der Waals surface area contributed by atoms with Crippen molar-refractivity contribution >= 4 is 12.6 Å². The summed E-state index contributed by atoms with van der Waals surface area (Å²) in [5.41, 5.74) is 1.66. The molecule has 0 unspecified atom stereocenters. The summed E-state index contributed by atoms with van der Waals surface area (Å²) in [6, 6.07) is 10.3. The molecule has 1 aliphatic rings. The van der Waals surface area contributed by atoms with Crippen LogP contribution in [0.2, 0.25) is 0 Å². The molecule has 1 aromatic carbocycles. The van der Waals surface area contributed by atoms with Crippen LogP contribution in [0.4, 0.5) is 0 Å². The molecule has 0 bridgehead atoms. The van der Waals surface area contributed by atoms with Crippen molar-refractivity contribution in [1.82, 2.24) is 9.78 Å². The average molecular weight is 284 g/mol. The minimum atomic E-state index is -0.300. The maximum Gasteiger partial charge on any atom is 0.494 e. The van der Waals surface area contributed by atoms with Gasteiger partial charge in [0.1, 0.15) is 0 Å². The molecule has 0 radical (unpaired) electrons. The number of hydrogen-bond acceptors (Lipinski definition) is 3. The SMILES string of the molecule is CC1(C)OB(c2ccc(Cn3cccn3)cc2)OC1(C)C. The second-order valence-electron chi connectivity index (χ2n) is 6.53. The Morgan fingerprint density at radius 1 is 1.05 bits per heavy atom. The first-order chi connectivity index (χ1) is 9.87. The highest BCUT2D eigenvalue weighted by Crippen LogP contribution is 2.36. The van der Waals surface area contributed by atoms with E-state index in [0.29, 0.717) is 0 Å². The third kappa shape index (κ3) is 2.76. The zero-order chi connectivity index (χ0) is 15.1. The lowest BCUT2D eigenvalue weighted by Crippen LogP contribution is -2.41. The van der Waals surface area contributed by atoms with Crippen LogP contribution in [-0.4, -0.2) is 28.1 Å². The normalized spacial score (nSPS) is 19.9. The first-order valence-corrected chi connectivity index (χ1v) is 7.29. The van der Waals surface area contributed by atoms with Crippen LogP contribution in [0.1, 0.15) is 33.3 Å². The molecule has 1 aliphatic heterocycles. The van der Waals surface area contributed by atoms with Crippen molar-refractivity contribution in [2.75, 3.05) is 0 Å². The molecule has 0 amide bonds. The number of aromatic nitrogens is 2. The van der Waals surface area contributed by atoms with Gasteiger partial charge in [0, 0.05) is 12.4 Å². The average Bonchev–Trinajstić information content (AvgIpc) is 2.97. The van der Waals surface area contributed by atoms with Gasteiger partial charge >= 0.3 is 7.12 Å². The standard InChI is InChI=1S/C16H21BN2O2/c1-15(2)16(3,4)21-17(20-15)14-8-6-13(7-9-14)12-19-11-5-10-18-19/h5-11H,12H2,1-4H3. The lowest BCUT2D eigenvalue weighted by Gasteiger charge is -2.32. The summed E-state index contributed by atoms with van der Waals surface area (Å²) in [6.07, 6.45) is 3.75. The van der Waals surface area contributed by atoms with Gasteiger partial charge in [-0.1, -0.05) is 24.3 Å². The Balaban J connectivity index is 1.73. The highest BCUT2D eigenvalue weighted by molar-refractivity contribution is 6.62. The van der Waals surface area contributed by atoms with Crippen LogP contribution in [0.15, 0.2) is 42.7 Å². The van der Waals surface area contributed by atoms with Gasteiger partial charge in [0.25, 0.3) is 0 Å². The zero-order valence-electron chi connectivity index (χ0n) is 13.0. The van der Waals surface area contributed by atoms with Crippen molar-refractivity contribution in [2.24, 2.45) is 0 Å². The minimum absolute atomic E-state index is 0.297. The smallest absolute Gasteiger partial charge is 0.399 e. The van der Waals surface area contributed by atoms with Crippen molar-refractivity contribution < 1.29 is 9.31 Å². The molecule has 5 heteroatoms. The van der Waals surface area contributed by atoms with E-state index in [1.807, 2.05) is 16.9 Å². The monoisotopic (exact) mass is 284 g/mol. The summed E-state index contributed by atoms with van der Waals surface area (Å²) in [7, 11) is -0.297. The van der Waals surface area contributed by atoms with E-state index >= 15 is 0 Å². The summed E-state index contributed by atoms with van der Waals surface area (Å²) in [5.74, 6) is 0. The third-order valence-electron chi connectivity index (χ3n) is 4.41. The van der Waals surface area contributed by atoms with Gasteiger partial charge in [-0.15, -0.1) is 0 Å². The van der Waals surface area contributed by atoms with Crippen molar-refractivity contribution in [3.05, 3.63) is 48.3 Å². The van der Waals surface area contributed by atoms with Gasteiger partial charge in [-0.25, -0.2) is 0 Å². The van der Waals surface area contributed by atoms with E-state index in [-0.39, 0.29) is 18.3 Å². The van der Waals surface area contributed by atoms with E-state index in [2.05, 4.69) is 57.1 Å². The zero-order valence-corrected chi connectivity index (χ0v) is 13.0. The molecule has 0 atom stereocenters. The van der Waals surface area contributed by atoms with Gasteiger partial charge in [-0.05, 0) is 44.8 Å². The number of nitrogens with zero attached hydrogens (tertiary/aromatic N) is 2. The fourth-order valence-electron chi connectivity index (χ4n) is 2.34. The van der Waals surface area contributed by atoms with Crippen LogP contribution >= 0.6 is 0 Å². The maximum atomic E-state index is 6.06. The summed E-state index contributed by atoms with van der Waals surface area (Å²) in [4.78, 5) is 0.